The van der Waals surface area contributed by atoms with Gasteiger partial charge < -0.3 is 18.4 Å². The molecule has 354 valence electrons. The van der Waals surface area contributed by atoms with Crippen LogP contribution >= 0.6 is 0 Å². The minimum absolute atomic E-state index is 0. The first kappa shape index (κ1) is 45.5. The molecule has 0 radical (unpaired) electrons. The molecule has 4 aromatic heterocycles. The largest absolute Gasteiger partial charge is 0.510 e. The Bertz CT molecular complexity index is 4060. The third kappa shape index (κ3) is 8.03. The van der Waals surface area contributed by atoms with Crippen molar-refractivity contribution in [3.05, 3.63) is 249 Å². The molecule has 0 saturated heterocycles. The van der Waals surface area contributed by atoms with Crippen LogP contribution in [0.5, 0.6) is 11.5 Å². The predicted octanol–water partition coefficient (Wildman–Crippen LogP) is 15.2. The van der Waals surface area contributed by atoms with E-state index in [1.807, 2.05) is 54.7 Å². The molecule has 8 heteroatoms. The zero-order valence-corrected chi connectivity index (χ0v) is 42.5. The number of nitrogens with zero attached hydrogens (tertiary/aromatic N) is 6. The van der Waals surface area contributed by atoms with Gasteiger partial charge in [0, 0.05) is 66.3 Å². The molecule has 0 aliphatic heterocycles. The SMILES string of the molecule is CC(C)(C)c1ccnc(-n2c3[c-]c(Oc4[c-]c(-n5[c-][n+](-c6c(-c7ccccc7)cccc6-c6ccccc6)c(-c6ccccc6)n5)ccc4)cc(-n4c5ccccc5c5ccccc54)c3c3ccccc32)c1.[Pt]. The average molecular weight is 1120 g/mol. The van der Waals surface area contributed by atoms with E-state index in [1.165, 1.54) is 16.3 Å². The van der Waals surface area contributed by atoms with Gasteiger partial charge in [-0.2, -0.15) is 16.8 Å². The Kier molecular flexibility index (Phi) is 11.5. The molecule has 0 unspecified atom stereocenters. The number of rotatable bonds is 9. The van der Waals surface area contributed by atoms with Crippen molar-refractivity contribution in [2.75, 3.05) is 0 Å². The van der Waals surface area contributed by atoms with Gasteiger partial charge in [0.05, 0.1) is 11.0 Å². The molecule has 0 amide bonds. The Morgan fingerprint density at radius 3 is 1.67 bits per heavy atom. The monoisotopic (exact) mass is 1120 g/mol. The van der Waals surface area contributed by atoms with Crippen LogP contribution in [-0.2, 0) is 26.5 Å². The van der Waals surface area contributed by atoms with Gasteiger partial charge in [-0.1, -0.05) is 195 Å². The number of aromatic nitrogens is 6. The maximum Gasteiger partial charge on any atom is 0.231 e. The standard InChI is InChI=1S/C65H46N6O.Pt/c1-65(2,3)47-37-38-66-61(39-47)71-58-36-18-15-31-55(58)62-59(70-56-34-16-13-29-53(56)54-30-14-17-35-57(54)70)41-50(42-60(62)71)72-49-28-19-27-48(40-49)69-43-68(64(67-69)46-25-11-6-12-26-46)63-51(44-21-7-4-8-22-44)32-20-33-52(63)45-23-9-5-10-24-45;/h4-39,41H,1-3H3;/q-2;. The van der Waals surface area contributed by atoms with E-state index >= 15 is 0 Å². The van der Waals surface area contributed by atoms with E-state index in [0.717, 1.165) is 83.7 Å². The van der Waals surface area contributed by atoms with Crippen LogP contribution in [0.25, 0.3) is 100 Å². The van der Waals surface area contributed by atoms with Crippen molar-refractivity contribution in [2.45, 2.75) is 26.2 Å². The van der Waals surface area contributed by atoms with Gasteiger partial charge in [-0.3, -0.25) is 0 Å². The zero-order valence-electron chi connectivity index (χ0n) is 40.3. The van der Waals surface area contributed by atoms with Crippen LogP contribution in [0.4, 0.5) is 0 Å². The van der Waals surface area contributed by atoms with Crippen LogP contribution in [0.2, 0.25) is 0 Å². The van der Waals surface area contributed by atoms with Gasteiger partial charge in [0.2, 0.25) is 12.2 Å². The Morgan fingerprint density at radius 1 is 0.507 bits per heavy atom. The summed E-state index contributed by atoms with van der Waals surface area (Å²) in [6, 6.07) is 83.2. The molecule has 0 fully saturated rings. The van der Waals surface area contributed by atoms with E-state index in [9.17, 15) is 0 Å². The van der Waals surface area contributed by atoms with Crippen molar-refractivity contribution in [1.29, 1.82) is 0 Å². The fourth-order valence-electron chi connectivity index (χ4n) is 10.2. The topological polar surface area (TPSA) is 53.7 Å². The summed E-state index contributed by atoms with van der Waals surface area (Å²) in [6.45, 7) is 6.70. The van der Waals surface area contributed by atoms with Gasteiger partial charge in [-0.25, -0.2) is 4.98 Å². The molecule has 0 atom stereocenters. The summed E-state index contributed by atoms with van der Waals surface area (Å²) in [6.07, 6.45) is 5.59. The van der Waals surface area contributed by atoms with Crippen molar-refractivity contribution in [3.8, 4) is 68.0 Å². The normalized spacial score (nSPS) is 11.7. The van der Waals surface area contributed by atoms with E-state index in [-0.39, 0.29) is 26.5 Å². The number of ether oxygens (including phenoxy) is 1. The van der Waals surface area contributed by atoms with Gasteiger partial charge in [-0.15, -0.1) is 24.3 Å². The second-order valence-corrected chi connectivity index (χ2v) is 19.1. The Balaban J connectivity index is 0.00000543. The number of fused-ring (bicyclic) bond motifs is 6. The van der Waals surface area contributed by atoms with Crippen LogP contribution < -0.4 is 9.30 Å². The summed E-state index contributed by atoms with van der Waals surface area (Å²) in [5.74, 6) is 2.56. The second-order valence-electron chi connectivity index (χ2n) is 19.1. The molecule has 0 aliphatic carbocycles. The summed E-state index contributed by atoms with van der Waals surface area (Å²) >= 11 is 0. The maximum absolute atomic E-state index is 7.02. The number of hydrogen-bond acceptors (Lipinski definition) is 3. The molecular weight excluding hydrogens is 1080 g/mol. The first-order chi connectivity index (χ1) is 35.4. The fraction of sp³-hybridized carbons (Fsp3) is 0.0615. The van der Waals surface area contributed by atoms with Crippen LogP contribution in [0.15, 0.2) is 225 Å². The second kappa shape index (κ2) is 18.5. The number of hydrogen-bond donors (Lipinski definition) is 0. The quantitative estimate of drug-likeness (QED) is 0.107. The molecule has 13 aromatic rings. The van der Waals surface area contributed by atoms with Crippen LogP contribution in [0.3, 0.4) is 0 Å². The van der Waals surface area contributed by atoms with Crippen molar-refractivity contribution < 1.29 is 30.4 Å². The molecule has 4 heterocycles. The summed E-state index contributed by atoms with van der Waals surface area (Å²) in [7, 11) is 0. The summed E-state index contributed by atoms with van der Waals surface area (Å²) in [5, 5.41) is 9.77. The van der Waals surface area contributed by atoms with E-state index in [2.05, 4.69) is 223 Å². The Hall–Kier alpha value is -8.64. The first-order valence-corrected chi connectivity index (χ1v) is 24.3. The molecule has 0 N–H and O–H groups in total. The third-order valence-corrected chi connectivity index (χ3v) is 13.6. The van der Waals surface area contributed by atoms with Gasteiger partial charge in [0.1, 0.15) is 5.82 Å². The molecule has 0 spiro atoms. The van der Waals surface area contributed by atoms with Gasteiger partial charge in [0.15, 0.2) is 0 Å². The van der Waals surface area contributed by atoms with Crippen molar-refractivity contribution in [1.82, 2.24) is 23.9 Å². The number of benzene rings is 9. The predicted molar refractivity (Wildman–Crippen MR) is 290 cm³/mol. The molecule has 0 aliphatic rings. The Morgan fingerprint density at radius 2 is 1.05 bits per heavy atom. The summed E-state index contributed by atoms with van der Waals surface area (Å²) < 4.78 is 15.5. The van der Waals surface area contributed by atoms with Gasteiger partial charge in [0.25, 0.3) is 0 Å². The fourth-order valence-corrected chi connectivity index (χ4v) is 10.2. The molecule has 7 nitrogen and oxygen atoms in total. The summed E-state index contributed by atoms with van der Waals surface area (Å²) in [4.78, 5) is 5.02. The summed E-state index contributed by atoms with van der Waals surface area (Å²) in [5.41, 5.74) is 13.0. The van der Waals surface area contributed by atoms with Crippen LogP contribution in [0, 0.1) is 18.5 Å². The maximum atomic E-state index is 7.02. The number of pyridine rings is 1. The minimum atomic E-state index is -0.0913. The molecular formula is C65H46N6OPt-2. The third-order valence-electron chi connectivity index (χ3n) is 13.6. The first-order valence-electron chi connectivity index (χ1n) is 24.3. The average Bonchev–Trinajstić information content (AvgIpc) is 4.12. The molecule has 13 rings (SSSR count). The zero-order chi connectivity index (χ0) is 48.3. The molecule has 0 bridgehead atoms. The van der Waals surface area contributed by atoms with Crippen molar-refractivity contribution in [3.63, 3.8) is 0 Å². The minimum Gasteiger partial charge on any atom is -0.510 e. The van der Waals surface area contributed by atoms with E-state index < -0.39 is 0 Å². The van der Waals surface area contributed by atoms with Crippen molar-refractivity contribution >= 4 is 43.6 Å². The van der Waals surface area contributed by atoms with E-state index in [0.29, 0.717) is 17.2 Å². The Labute approximate surface area is 438 Å². The van der Waals surface area contributed by atoms with Gasteiger partial charge in [-0.05, 0) is 85.4 Å². The van der Waals surface area contributed by atoms with Crippen LogP contribution in [0.1, 0.15) is 26.3 Å². The van der Waals surface area contributed by atoms with E-state index in [1.54, 1.807) is 4.68 Å². The smallest absolute Gasteiger partial charge is 0.231 e. The van der Waals surface area contributed by atoms with Gasteiger partial charge >= 0.3 is 0 Å². The number of para-hydroxylation sites is 4. The molecule has 0 saturated carbocycles. The van der Waals surface area contributed by atoms with E-state index in [4.69, 9.17) is 14.8 Å². The molecule has 9 aromatic carbocycles. The molecule has 73 heavy (non-hydrogen) atoms. The van der Waals surface area contributed by atoms with Crippen LogP contribution in [-0.4, -0.2) is 23.9 Å². The van der Waals surface area contributed by atoms with Crippen molar-refractivity contribution in [2.24, 2.45) is 0 Å².